The fraction of sp³-hybridized carbons (Fsp3) is 0.700. The Morgan fingerprint density at radius 3 is 2.50 bits per heavy atom. The molecule has 0 aromatic carbocycles. The zero-order chi connectivity index (χ0) is 21.7. The molecule has 30 heavy (non-hydrogen) atoms. The molecule has 1 saturated carbocycles. The zero-order valence-corrected chi connectivity index (χ0v) is 17.8. The Hall–Kier alpha value is -1.81. The van der Waals surface area contributed by atoms with Gasteiger partial charge in [0, 0.05) is 13.5 Å². The Morgan fingerprint density at radius 2 is 1.93 bits per heavy atom. The summed E-state index contributed by atoms with van der Waals surface area (Å²) in [4.78, 5) is 26.0. The van der Waals surface area contributed by atoms with Gasteiger partial charge in [0.15, 0.2) is 0 Å². The van der Waals surface area contributed by atoms with Gasteiger partial charge < -0.3 is 5.32 Å². The van der Waals surface area contributed by atoms with E-state index in [1.54, 1.807) is 6.08 Å². The molecule has 3 rings (SSSR count). The highest BCUT2D eigenvalue weighted by Crippen LogP contribution is 2.34. The van der Waals surface area contributed by atoms with Gasteiger partial charge in [0.05, 0.1) is 6.04 Å². The number of ketones is 1. The third-order valence-corrected chi connectivity index (χ3v) is 6.87. The van der Waals surface area contributed by atoms with Crippen molar-refractivity contribution in [2.24, 2.45) is 11.8 Å². The van der Waals surface area contributed by atoms with E-state index in [1.165, 1.54) is 32.4 Å². The molecule has 0 bridgehead atoms. The number of alkyl halides is 3. The van der Waals surface area contributed by atoms with Crippen molar-refractivity contribution in [3.05, 3.63) is 17.2 Å². The summed E-state index contributed by atoms with van der Waals surface area (Å²) in [6, 6.07) is -0.0900. The SMILES string of the molecule is CN(C(=O)/C=C/[C@@H](CC(=O)[C@@H]1CCN1)CC1CCCCC1)c1nnc(C(F)(F)F)s1. The third-order valence-electron chi connectivity index (χ3n) is 5.82. The van der Waals surface area contributed by atoms with E-state index in [0.29, 0.717) is 23.7 Å². The predicted molar refractivity (Wildman–Crippen MR) is 108 cm³/mol. The number of rotatable bonds is 8. The lowest BCUT2D eigenvalue weighted by Crippen LogP contribution is -2.48. The molecule has 0 radical (unpaired) electrons. The highest BCUT2D eigenvalue weighted by atomic mass is 32.1. The van der Waals surface area contributed by atoms with E-state index in [4.69, 9.17) is 0 Å². The van der Waals surface area contributed by atoms with Crippen LogP contribution in [0.3, 0.4) is 0 Å². The number of anilines is 1. The lowest BCUT2D eigenvalue weighted by molar-refractivity contribution is -0.138. The molecule has 2 atom stereocenters. The topological polar surface area (TPSA) is 75.2 Å². The van der Waals surface area contributed by atoms with Gasteiger partial charge in [-0.3, -0.25) is 14.5 Å². The van der Waals surface area contributed by atoms with Crippen molar-refractivity contribution in [1.29, 1.82) is 0 Å². The summed E-state index contributed by atoms with van der Waals surface area (Å²) in [5.74, 6) is 0.163. The van der Waals surface area contributed by atoms with Gasteiger partial charge in [0.1, 0.15) is 5.78 Å². The van der Waals surface area contributed by atoms with E-state index in [2.05, 4.69) is 15.5 Å². The second-order valence-corrected chi connectivity index (χ2v) is 9.07. The first-order chi connectivity index (χ1) is 14.2. The number of halogens is 3. The fourth-order valence-corrected chi connectivity index (χ4v) is 4.61. The summed E-state index contributed by atoms with van der Waals surface area (Å²) in [6.45, 7) is 0.852. The van der Waals surface area contributed by atoms with Crippen molar-refractivity contribution in [2.45, 2.75) is 63.6 Å². The summed E-state index contributed by atoms with van der Waals surface area (Å²) < 4.78 is 38.1. The number of Topliss-reactive ketones (excluding diaryl/α,β-unsaturated/α-hetero) is 1. The quantitative estimate of drug-likeness (QED) is 0.614. The molecule has 2 fully saturated rings. The number of carbonyl (C=O) groups is 2. The van der Waals surface area contributed by atoms with Gasteiger partial charge in [-0.25, -0.2) is 0 Å². The van der Waals surface area contributed by atoms with Crippen molar-refractivity contribution >= 4 is 28.2 Å². The summed E-state index contributed by atoms with van der Waals surface area (Å²) >= 11 is 0.326. The van der Waals surface area contributed by atoms with Crippen LogP contribution >= 0.6 is 11.3 Å². The second kappa shape index (κ2) is 10.00. The molecule has 1 saturated heterocycles. The van der Waals surface area contributed by atoms with E-state index in [9.17, 15) is 22.8 Å². The van der Waals surface area contributed by atoms with Gasteiger partial charge in [-0.05, 0) is 37.3 Å². The lowest BCUT2D eigenvalue weighted by atomic mass is 9.80. The van der Waals surface area contributed by atoms with Crippen LogP contribution in [0.5, 0.6) is 0 Å². The van der Waals surface area contributed by atoms with Crippen LogP contribution in [-0.2, 0) is 15.8 Å². The molecule has 0 spiro atoms. The Labute approximate surface area is 177 Å². The first-order valence-corrected chi connectivity index (χ1v) is 11.2. The number of carbonyl (C=O) groups excluding carboxylic acids is 2. The standard InChI is InChI=1S/C20H27F3N4O2S/c1-27(19-26-25-18(30-19)20(21,22)23)17(29)8-7-14(11-13-5-3-2-4-6-13)12-16(28)15-9-10-24-15/h7-8,13-15,24H,2-6,9-12H2,1H3/b8-7+/t14-,15+/m1/s1. The van der Waals surface area contributed by atoms with Crippen LogP contribution in [0.2, 0.25) is 0 Å². The molecule has 0 unspecified atom stereocenters. The average molecular weight is 445 g/mol. The number of hydrogen-bond donors (Lipinski definition) is 1. The van der Waals surface area contributed by atoms with Crippen LogP contribution in [0, 0.1) is 11.8 Å². The minimum absolute atomic E-state index is 0.0551. The second-order valence-electron chi connectivity index (χ2n) is 8.11. The van der Waals surface area contributed by atoms with Crippen molar-refractivity contribution < 1.29 is 22.8 Å². The van der Waals surface area contributed by atoms with Gasteiger partial charge in [0.2, 0.25) is 10.1 Å². The van der Waals surface area contributed by atoms with Crippen LogP contribution in [-0.4, -0.2) is 41.5 Å². The van der Waals surface area contributed by atoms with Gasteiger partial charge in [-0.1, -0.05) is 49.5 Å². The van der Waals surface area contributed by atoms with Crippen LogP contribution in [0.1, 0.15) is 56.4 Å². The largest absolute Gasteiger partial charge is 0.445 e. The van der Waals surface area contributed by atoms with Crippen LogP contribution in [0.25, 0.3) is 0 Å². The molecule has 166 valence electrons. The molecular formula is C20H27F3N4O2S. The maximum Gasteiger partial charge on any atom is 0.445 e. The van der Waals surface area contributed by atoms with E-state index in [-0.39, 0.29) is 22.9 Å². The number of hydrogen-bond acceptors (Lipinski definition) is 6. The molecule has 2 aliphatic rings. The highest BCUT2D eigenvalue weighted by molar-refractivity contribution is 7.15. The van der Waals surface area contributed by atoms with E-state index in [1.807, 2.05) is 0 Å². The molecule has 1 N–H and O–H groups in total. The van der Waals surface area contributed by atoms with Crippen molar-refractivity contribution in [3.63, 3.8) is 0 Å². The average Bonchev–Trinajstić information content (AvgIpc) is 3.15. The molecule has 1 aromatic heterocycles. The van der Waals surface area contributed by atoms with Crippen LogP contribution in [0.4, 0.5) is 18.3 Å². The minimum atomic E-state index is -4.59. The first kappa shape index (κ1) is 22.9. The Bertz CT molecular complexity index is 770. The highest BCUT2D eigenvalue weighted by Gasteiger charge is 2.36. The maximum absolute atomic E-state index is 12.7. The van der Waals surface area contributed by atoms with Gasteiger partial charge >= 0.3 is 6.18 Å². The molecule has 1 aliphatic carbocycles. The summed E-state index contributed by atoms with van der Waals surface area (Å²) in [7, 11) is 1.37. The molecule has 1 amide bonds. The normalized spacial score (nSPS) is 21.4. The molecule has 6 nitrogen and oxygen atoms in total. The number of allylic oxidation sites excluding steroid dienone is 1. The lowest BCUT2D eigenvalue weighted by Gasteiger charge is -2.29. The molecule has 1 aromatic rings. The molecule has 10 heteroatoms. The third kappa shape index (κ3) is 6.10. The van der Waals surface area contributed by atoms with Crippen molar-refractivity contribution in [3.8, 4) is 0 Å². The minimum Gasteiger partial charge on any atom is -0.307 e. The predicted octanol–water partition coefficient (Wildman–Crippen LogP) is 3.98. The van der Waals surface area contributed by atoms with Gasteiger partial charge in [-0.15, -0.1) is 10.2 Å². The molecule has 2 heterocycles. The van der Waals surface area contributed by atoms with Crippen LogP contribution < -0.4 is 10.2 Å². The van der Waals surface area contributed by atoms with Gasteiger partial charge in [0.25, 0.3) is 5.91 Å². The molecule has 1 aliphatic heterocycles. The van der Waals surface area contributed by atoms with Crippen molar-refractivity contribution in [1.82, 2.24) is 15.5 Å². The smallest absolute Gasteiger partial charge is 0.307 e. The number of amides is 1. The van der Waals surface area contributed by atoms with Gasteiger partial charge in [-0.2, -0.15) is 13.2 Å². The number of aromatic nitrogens is 2. The summed E-state index contributed by atoms with van der Waals surface area (Å²) in [6.07, 6.45) is 6.49. The van der Waals surface area contributed by atoms with E-state index in [0.717, 1.165) is 37.1 Å². The Morgan fingerprint density at radius 1 is 1.23 bits per heavy atom. The number of nitrogens with one attached hydrogen (secondary N) is 1. The fourth-order valence-electron chi connectivity index (χ4n) is 3.94. The van der Waals surface area contributed by atoms with E-state index < -0.39 is 17.1 Å². The summed E-state index contributed by atoms with van der Waals surface area (Å²) in [5.41, 5.74) is 0. The number of nitrogens with zero attached hydrogens (tertiary/aromatic N) is 3. The van der Waals surface area contributed by atoms with Crippen LogP contribution in [0.15, 0.2) is 12.2 Å². The zero-order valence-electron chi connectivity index (χ0n) is 17.0. The Balaban J connectivity index is 1.64. The van der Waals surface area contributed by atoms with E-state index >= 15 is 0 Å². The molecular weight excluding hydrogens is 417 g/mol. The monoisotopic (exact) mass is 444 g/mol. The number of likely N-dealkylation sites (N-methyl/N-ethyl adjacent to an activating group) is 1. The maximum atomic E-state index is 12.7. The van der Waals surface area contributed by atoms with Crippen molar-refractivity contribution in [2.75, 3.05) is 18.5 Å². The summed E-state index contributed by atoms with van der Waals surface area (Å²) in [5, 5.41) is 8.50. The first-order valence-electron chi connectivity index (χ1n) is 10.4. The Kier molecular flexibility index (Phi) is 7.62.